The van der Waals surface area contributed by atoms with E-state index in [1.54, 1.807) is 0 Å². The van der Waals surface area contributed by atoms with Crippen LogP contribution in [0.2, 0.25) is 0 Å². The first-order valence-electron chi connectivity index (χ1n) is 13.1. The zero-order valence-electron chi connectivity index (χ0n) is 21.2. The Morgan fingerprint density at radius 2 is 1.09 bits per heavy atom. The second-order valence-corrected chi connectivity index (χ2v) is 8.87. The molecule has 2 aromatic rings. The van der Waals surface area contributed by atoms with E-state index in [0.29, 0.717) is 0 Å². The van der Waals surface area contributed by atoms with Gasteiger partial charge in [0.15, 0.2) is 0 Å². The first-order chi connectivity index (χ1) is 16.2. The van der Waals surface area contributed by atoms with Crippen LogP contribution in [0.5, 0.6) is 11.5 Å². The average Bonchev–Trinajstić information content (AvgIpc) is 2.83. The van der Waals surface area contributed by atoms with Gasteiger partial charge in [0.2, 0.25) is 0 Å². The Kier molecular flexibility index (Phi) is 14.0. The van der Waals surface area contributed by atoms with Crippen molar-refractivity contribution in [1.29, 1.82) is 0 Å². The third-order valence-corrected chi connectivity index (χ3v) is 5.76. The van der Waals surface area contributed by atoms with Gasteiger partial charge in [0.1, 0.15) is 22.9 Å². The van der Waals surface area contributed by atoms with Crippen LogP contribution in [0.4, 0.5) is 11.4 Å². The van der Waals surface area contributed by atoms with Gasteiger partial charge in [-0.2, -0.15) is 0 Å². The fourth-order valence-electron chi connectivity index (χ4n) is 3.73. The molecule has 0 atom stereocenters. The number of ether oxygens (including phenoxy) is 2. The third kappa shape index (κ3) is 11.4. The number of para-hydroxylation sites is 1. The lowest BCUT2D eigenvalue weighted by atomic mass is 10.1. The van der Waals surface area contributed by atoms with Gasteiger partial charge in [0.25, 0.3) is 0 Å². The molecule has 4 heteroatoms. The maximum atomic E-state index is 6.05. The smallest absolute Gasteiger partial charge is 0.146 e. The van der Waals surface area contributed by atoms with Crippen molar-refractivity contribution in [3.05, 3.63) is 48.0 Å². The third-order valence-electron chi connectivity index (χ3n) is 5.76. The number of aryl methyl sites for hydroxylation is 1. The molecule has 0 amide bonds. The molecule has 0 aromatic heterocycles. The van der Waals surface area contributed by atoms with Crippen LogP contribution in [0.1, 0.15) is 96.5 Å². The van der Waals surface area contributed by atoms with Crippen LogP contribution in [0.3, 0.4) is 0 Å². The van der Waals surface area contributed by atoms with Gasteiger partial charge in [-0.3, -0.25) is 0 Å². The highest BCUT2D eigenvalue weighted by Crippen LogP contribution is 2.33. The molecule has 4 nitrogen and oxygen atoms in total. The van der Waals surface area contributed by atoms with Gasteiger partial charge in [0.05, 0.1) is 13.2 Å². The minimum Gasteiger partial charge on any atom is -0.491 e. The van der Waals surface area contributed by atoms with Gasteiger partial charge in [-0.05, 0) is 49.6 Å². The van der Waals surface area contributed by atoms with Gasteiger partial charge in [-0.1, -0.05) is 96.3 Å². The second kappa shape index (κ2) is 17.2. The van der Waals surface area contributed by atoms with Crippen molar-refractivity contribution in [3.8, 4) is 11.5 Å². The van der Waals surface area contributed by atoms with E-state index in [-0.39, 0.29) is 0 Å². The molecular weight excluding hydrogens is 408 g/mol. The van der Waals surface area contributed by atoms with Crippen molar-refractivity contribution in [2.24, 2.45) is 10.2 Å². The topological polar surface area (TPSA) is 43.2 Å². The number of benzene rings is 2. The SMILES string of the molecule is CCCCCCCCOc1ccccc1N=Nc1cc(C)ccc1OCCCCCCCC. The largest absolute Gasteiger partial charge is 0.491 e. The summed E-state index contributed by atoms with van der Waals surface area (Å²) in [5, 5.41) is 9.05. The lowest BCUT2D eigenvalue weighted by molar-refractivity contribution is 0.304. The normalized spacial score (nSPS) is 11.2. The molecule has 0 saturated carbocycles. The molecule has 2 rings (SSSR count). The number of hydrogen-bond acceptors (Lipinski definition) is 4. The molecule has 0 N–H and O–H groups in total. The van der Waals surface area contributed by atoms with E-state index < -0.39 is 0 Å². The summed E-state index contributed by atoms with van der Waals surface area (Å²) in [6.45, 7) is 7.99. The number of rotatable bonds is 18. The Balaban J connectivity index is 1.89. The Hall–Kier alpha value is -2.36. The van der Waals surface area contributed by atoms with Crippen LogP contribution < -0.4 is 9.47 Å². The quantitative estimate of drug-likeness (QED) is 0.167. The number of azo groups is 1. The summed E-state index contributed by atoms with van der Waals surface area (Å²) in [6.07, 6.45) is 15.0. The van der Waals surface area contributed by atoms with Gasteiger partial charge in [0, 0.05) is 0 Å². The highest BCUT2D eigenvalue weighted by molar-refractivity contribution is 5.55. The summed E-state index contributed by atoms with van der Waals surface area (Å²) in [5.74, 6) is 1.58. The minimum atomic E-state index is 0.718. The van der Waals surface area contributed by atoms with Crippen molar-refractivity contribution >= 4 is 11.4 Å². The van der Waals surface area contributed by atoms with E-state index in [9.17, 15) is 0 Å². The number of hydrogen-bond donors (Lipinski definition) is 0. The van der Waals surface area contributed by atoms with E-state index in [0.717, 1.165) is 54.5 Å². The van der Waals surface area contributed by atoms with E-state index in [4.69, 9.17) is 9.47 Å². The van der Waals surface area contributed by atoms with Crippen molar-refractivity contribution in [1.82, 2.24) is 0 Å². The summed E-state index contributed by atoms with van der Waals surface area (Å²) >= 11 is 0. The van der Waals surface area contributed by atoms with E-state index in [1.807, 2.05) is 36.4 Å². The first kappa shape index (κ1) is 26.9. The number of nitrogens with zero attached hydrogens (tertiary/aromatic N) is 2. The predicted molar refractivity (Wildman–Crippen MR) is 140 cm³/mol. The molecule has 0 spiro atoms. The van der Waals surface area contributed by atoms with Crippen LogP contribution in [0, 0.1) is 6.92 Å². The maximum Gasteiger partial charge on any atom is 0.146 e. The highest BCUT2D eigenvalue weighted by atomic mass is 16.5. The summed E-state index contributed by atoms with van der Waals surface area (Å²) < 4.78 is 12.1. The van der Waals surface area contributed by atoms with Crippen LogP contribution >= 0.6 is 0 Å². The molecule has 0 radical (unpaired) electrons. The summed E-state index contributed by atoms with van der Waals surface area (Å²) in [4.78, 5) is 0. The second-order valence-electron chi connectivity index (χ2n) is 8.87. The monoisotopic (exact) mass is 452 g/mol. The fourth-order valence-corrected chi connectivity index (χ4v) is 3.73. The van der Waals surface area contributed by atoms with Crippen LogP contribution in [-0.4, -0.2) is 13.2 Å². The van der Waals surface area contributed by atoms with Gasteiger partial charge >= 0.3 is 0 Å². The average molecular weight is 453 g/mol. The van der Waals surface area contributed by atoms with Crippen molar-refractivity contribution in [3.63, 3.8) is 0 Å². The molecule has 182 valence electrons. The molecule has 0 unspecified atom stereocenters. The van der Waals surface area contributed by atoms with E-state index in [1.165, 1.54) is 64.2 Å². The number of unbranched alkanes of at least 4 members (excludes halogenated alkanes) is 10. The highest BCUT2D eigenvalue weighted by Gasteiger charge is 2.06. The van der Waals surface area contributed by atoms with Crippen molar-refractivity contribution in [2.45, 2.75) is 97.8 Å². The summed E-state index contributed by atoms with van der Waals surface area (Å²) in [6, 6.07) is 14.0. The van der Waals surface area contributed by atoms with Gasteiger partial charge in [-0.15, -0.1) is 10.2 Å². The molecular formula is C29H44N2O2. The molecule has 0 bridgehead atoms. The predicted octanol–water partition coefficient (Wildman–Crippen LogP) is 9.89. The fraction of sp³-hybridized carbons (Fsp3) is 0.586. The lowest BCUT2D eigenvalue weighted by Gasteiger charge is -2.10. The standard InChI is InChI=1S/C29H44N2O2/c1-4-6-8-10-12-16-22-32-28-19-15-14-18-26(28)30-31-27-24-25(3)20-21-29(27)33-23-17-13-11-9-7-5-2/h14-15,18-21,24H,4-13,16-17,22-23H2,1-3H3. The Morgan fingerprint density at radius 1 is 0.576 bits per heavy atom. The maximum absolute atomic E-state index is 6.05. The molecule has 0 saturated heterocycles. The van der Waals surface area contributed by atoms with Gasteiger partial charge in [-0.25, -0.2) is 0 Å². The van der Waals surface area contributed by atoms with Crippen LogP contribution in [0.25, 0.3) is 0 Å². The summed E-state index contributed by atoms with van der Waals surface area (Å²) in [5.41, 5.74) is 2.67. The van der Waals surface area contributed by atoms with Crippen molar-refractivity contribution < 1.29 is 9.47 Å². The molecule has 0 aliphatic rings. The Bertz CT molecular complexity index is 804. The van der Waals surface area contributed by atoms with E-state index >= 15 is 0 Å². The molecule has 0 fully saturated rings. The van der Waals surface area contributed by atoms with Crippen molar-refractivity contribution in [2.75, 3.05) is 13.2 Å². The van der Waals surface area contributed by atoms with Crippen LogP contribution in [-0.2, 0) is 0 Å². The van der Waals surface area contributed by atoms with Gasteiger partial charge < -0.3 is 9.47 Å². The first-order valence-corrected chi connectivity index (χ1v) is 13.1. The Labute approximate surface area is 201 Å². The Morgan fingerprint density at radius 3 is 1.73 bits per heavy atom. The molecule has 0 aliphatic heterocycles. The lowest BCUT2D eigenvalue weighted by Crippen LogP contribution is -1.98. The summed E-state index contributed by atoms with van der Waals surface area (Å²) in [7, 11) is 0. The van der Waals surface area contributed by atoms with E-state index in [2.05, 4.69) is 37.1 Å². The molecule has 33 heavy (non-hydrogen) atoms. The molecule has 0 aliphatic carbocycles. The minimum absolute atomic E-state index is 0.718. The molecule has 0 heterocycles. The zero-order valence-corrected chi connectivity index (χ0v) is 21.2. The van der Waals surface area contributed by atoms with Crippen LogP contribution in [0.15, 0.2) is 52.7 Å². The zero-order chi connectivity index (χ0) is 23.6. The molecule has 2 aromatic carbocycles.